The van der Waals surface area contributed by atoms with Gasteiger partial charge in [-0.15, -0.1) is 0 Å². The number of nitrogens with one attached hydrogen (secondary N) is 1. The monoisotopic (exact) mass is 475 g/mol. The highest BCUT2D eigenvalue weighted by Crippen LogP contribution is 2.26. The smallest absolute Gasteiger partial charge is 0.244 e. The van der Waals surface area contributed by atoms with Crippen LogP contribution in [0, 0.1) is 6.92 Å². The predicted molar refractivity (Wildman–Crippen MR) is 132 cm³/mol. The van der Waals surface area contributed by atoms with E-state index in [1.807, 2.05) is 19.1 Å². The summed E-state index contributed by atoms with van der Waals surface area (Å²) in [4.78, 5) is 43.6. The minimum absolute atomic E-state index is 0.0390. The highest BCUT2D eigenvalue weighted by molar-refractivity contribution is 6.32. The number of hydrogen-bond acceptors (Lipinski definition) is 5. The fourth-order valence-electron chi connectivity index (χ4n) is 3.63. The molecule has 7 nitrogen and oxygen atoms in total. The minimum Gasteiger partial charge on any atom is -0.506 e. The van der Waals surface area contributed by atoms with Crippen LogP contribution in [-0.2, 0) is 17.8 Å². The van der Waals surface area contributed by atoms with Crippen LogP contribution < -0.4 is 10.7 Å². The van der Waals surface area contributed by atoms with Gasteiger partial charge >= 0.3 is 0 Å². The minimum atomic E-state index is -0.436. The maximum absolute atomic E-state index is 13.2. The Hall–Kier alpha value is -3.97. The van der Waals surface area contributed by atoms with Gasteiger partial charge in [-0.3, -0.25) is 14.4 Å². The summed E-state index contributed by atoms with van der Waals surface area (Å²) in [5.41, 5.74) is 2.37. The summed E-state index contributed by atoms with van der Waals surface area (Å²) in [5.74, 6) is -0.934. The number of nitrogens with zero attached hydrogens (tertiary/aromatic N) is 2. The number of aryl methyl sites for hydroxylation is 2. The molecule has 4 rings (SSSR count). The van der Waals surface area contributed by atoms with Crippen molar-refractivity contribution in [2.75, 3.05) is 5.32 Å². The van der Waals surface area contributed by atoms with Crippen LogP contribution in [0.2, 0.25) is 5.02 Å². The average Bonchev–Trinajstić information content (AvgIpc) is 2.82. The molecule has 0 spiro atoms. The number of carbonyl (C=O) groups excluding carboxylic acids is 2. The van der Waals surface area contributed by atoms with Crippen LogP contribution in [-0.4, -0.2) is 26.3 Å². The lowest BCUT2D eigenvalue weighted by Crippen LogP contribution is -2.25. The molecule has 0 unspecified atom stereocenters. The second kappa shape index (κ2) is 9.49. The Labute approximate surface area is 200 Å². The predicted octanol–water partition coefficient (Wildman–Crippen LogP) is 4.50. The van der Waals surface area contributed by atoms with Crippen molar-refractivity contribution in [3.05, 3.63) is 98.4 Å². The molecule has 0 atom stereocenters. The Bertz CT molecular complexity index is 1480. The van der Waals surface area contributed by atoms with Crippen LogP contribution in [0.25, 0.3) is 11.0 Å². The van der Waals surface area contributed by atoms with Gasteiger partial charge in [-0.05, 0) is 49.2 Å². The SMILES string of the molecule is CCc1ccc(C(=O)c2cn(CC(=O)Nc3ccc(O)c(Cl)c3)c3nc(C)ccc3c2=O)cc1. The summed E-state index contributed by atoms with van der Waals surface area (Å²) in [6.07, 6.45) is 2.22. The van der Waals surface area contributed by atoms with Crippen molar-refractivity contribution in [1.82, 2.24) is 9.55 Å². The van der Waals surface area contributed by atoms with Gasteiger partial charge in [0.1, 0.15) is 17.9 Å². The van der Waals surface area contributed by atoms with Gasteiger partial charge in [-0.1, -0.05) is 42.8 Å². The molecule has 2 aromatic heterocycles. The van der Waals surface area contributed by atoms with Crippen LogP contribution in [0.4, 0.5) is 5.69 Å². The largest absolute Gasteiger partial charge is 0.506 e. The van der Waals surface area contributed by atoms with Crippen molar-refractivity contribution < 1.29 is 14.7 Å². The number of fused-ring (bicyclic) bond motifs is 1. The van der Waals surface area contributed by atoms with Crippen molar-refractivity contribution in [1.29, 1.82) is 0 Å². The van der Waals surface area contributed by atoms with E-state index in [2.05, 4.69) is 10.3 Å². The molecule has 4 aromatic rings. The third-order valence-electron chi connectivity index (χ3n) is 5.47. The normalized spacial score (nSPS) is 10.9. The van der Waals surface area contributed by atoms with Crippen molar-refractivity contribution in [3.63, 3.8) is 0 Å². The zero-order chi connectivity index (χ0) is 24.4. The van der Waals surface area contributed by atoms with E-state index >= 15 is 0 Å². The molecule has 0 bridgehead atoms. The zero-order valence-electron chi connectivity index (χ0n) is 18.6. The molecule has 0 aliphatic heterocycles. The first kappa shape index (κ1) is 23.2. The summed E-state index contributed by atoms with van der Waals surface area (Å²) >= 11 is 5.91. The summed E-state index contributed by atoms with van der Waals surface area (Å²) in [6, 6.07) is 14.7. The summed E-state index contributed by atoms with van der Waals surface area (Å²) < 4.78 is 1.49. The van der Waals surface area contributed by atoms with Crippen LogP contribution in [0.15, 0.2) is 65.6 Å². The molecule has 2 aromatic carbocycles. The Morgan fingerprint density at radius 2 is 1.82 bits per heavy atom. The average molecular weight is 476 g/mol. The standard InChI is InChI=1S/C26H22ClN3O4/c1-3-16-5-7-17(8-6-16)24(33)20-13-30(26-19(25(20)34)10-4-15(2)28-26)14-23(32)29-18-9-11-22(31)21(27)12-18/h4-13,31H,3,14H2,1-2H3,(H,29,32). The second-order valence-electron chi connectivity index (χ2n) is 7.92. The molecular weight excluding hydrogens is 454 g/mol. The lowest BCUT2D eigenvalue weighted by molar-refractivity contribution is -0.116. The number of carbonyl (C=O) groups is 2. The first-order valence-electron chi connectivity index (χ1n) is 10.7. The summed E-state index contributed by atoms with van der Waals surface area (Å²) in [5, 5.41) is 12.6. The zero-order valence-corrected chi connectivity index (χ0v) is 19.4. The van der Waals surface area contributed by atoms with Crippen molar-refractivity contribution in [2.24, 2.45) is 0 Å². The van der Waals surface area contributed by atoms with E-state index in [1.54, 1.807) is 31.2 Å². The number of halogens is 1. The Morgan fingerprint density at radius 1 is 1.09 bits per heavy atom. The molecule has 0 saturated heterocycles. The van der Waals surface area contributed by atoms with Gasteiger partial charge in [-0.25, -0.2) is 4.98 Å². The van der Waals surface area contributed by atoms with Gasteiger partial charge in [0.15, 0.2) is 5.78 Å². The van der Waals surface area contributed by atoms with E-state index < -0.39 is 17.1 Å². The van der Waals surface area contributed by atoms with Gasteiger partial charge in [0.25, 0.3) is 0 Å². The second-order valence-corrected chi connectivity index (χ2v) is 8.32. The molecule has 172 valence electrons. The van der Waals surface area contributed by atoms with Crippen LogP contribution in [0.5, 0.6) is 5.75 Å². The number of pyridine rings is 2. The van der Waals surface area contributed by atoms with Crippen LogP contribution in [0.3, 0.4) is 0 Å². The van der Waals surface area contributed by atoms with E-state index in [9.17, 15) is 19.5 Å². The van der Waals surface area contributed by atoms with E-state index in [-0.39, 0.29) is 28.3 Å². The number of rotatable bonds is 6. The lowest BCUT2D eigenvalue weighted by atomic mass is 10.0. The quantitative estimate of drug-likeness (QED) is 0.316. The number of anilines is 1. The molecule has 2 heterocycles. The Balaban J connectivity index is 1.74. The molecule has 0 aliphatic rings. The number of aromatic nitrogens is 2. The van der Waals surface area contributed by atoms with Gasteiger partial charge in [0.2, 0.25) is 11.3 Å². The number of aromatic hydroxyl groups is 1. The van der Waals surface area contributed by atoms with Crippen molar-refractivity contribution in [2.45, 2.75) is 26.8 Å². The Kier molecular flexibility index (Phi) is 6.47. The van der Waals surface area contributed by atoms with Gasteiger partial charge in [0.05, 0.1) is 16.0 Å². The van der Waals surface area contributed by atoms with Gasteiger partial charge in [-0.2, -0.15) is 0 Å². The van der Waals surface area contributed by atoms with Gasteiger partial charge in [0, 0.05) is 23.1 Å². The molecule has 2 N–H and O–H groups in total. The van der Waals surface area contributed by atoms with E-state index in [0.29, 0.717) is 22.6 Å². The first-order chi connectivity index (χ1) is 16.3. The maximum Gasteiger partial charge on any atom is 0.244 e. The number of phenols is 1. The van der Waals surface area contributed by atoms with Crippen LogP contribution in [0.1, 0.15) is 34.1 Å². The third-order valence-corrected chi connectivity index (χ3v) is 5.78. The third kappa shape index (κ3) is 4.70. The number of phenolic OH excluding ortho intramolecular Hbond substituents is 1. The lowest BCUT2D eigenvalue weighted by Gasteiger charge is -2.13. The molecule has 1 amide bonds. The molecular formula is C26H22ClN3O4. The molecule has 0 saturated carbocycles. The number of ketones is 1. The van der Waals surface area contributed by atoms with Crippen molar-refractivity contribution in [3.8, 4) is 5.75 Å². The Morgan fingerprint density at radius 3 is 2.50 bits per heavy atom. The molecule has 8 heteroatoms. The van der Waals surface area contributed by atoms with E-state index in [4.69, 9.17) is 11.6 Å². The fourth-order valence-corrected chi connectivity index (χ4v) is 3.81. The topological polar surface area (TPSA) is 101 Å². The van der Waals surface area contributed by atoms with Gasteiger partial charge < -0.3 is 15.0 Å². The highest BCUT2D eigenvalue weighted by Gasteiger charge is 2.19. The number of hydrogen-bond donors (Lipinski definition) is 2. The number of benzene rings is 2. The van der Waals surface area contributed by atoms with Crippen molar-refractivity contribution >= 4 is 40.0 Å². The molecule has 34 heavy (non-hydrogen) atoms. The molecule has 0 radical (unpaired) electrons. The highest BCUT2D eigenvalue weighted by atomic mass is 35.5. The maximum atomic E-state index is 13.2. The first-order valence-corrected chi connectivity index (χ1v) is 11.1. The fraction of sp³-hybridized carbons (Fsp3) is 0.154. The molecule has 0 fully saturated rings. The number of amides is 1. The van der Waals surface area contributed by atoms with Crippen LogP contribution >= 0.6 is 11.6 Å². The van der Waals surface area contributed by atoms with E-state index in [0.717, 1.165) is 12.0 Å². The summed E-state index contributed by atoms with van der Waals surface area (Å²) in [7, 11) is 0. The summed E-state index contributed by atoms with van der Waals surface area (Å²) in [6.45, 7) is 3.60. The molecule has 0 aliphatic carbocycles. The van der Waals surface area contributed by atoms with E-state index in [1.165, 1.54) is 29.0 Å².